The Morgan fingerprint density at radius 1 is 1.07 bits per heavy atom. The number of amides is 1. The van der Waals surface area contributed by atoms with E-state index in [9.17, 15) is 4.79 Å². The van der Waals surface area contributed by atoms with Crippen LogP contribution >= 0.6 is 12.4 Å². The zero-order valence-corrected chi connectivity index (χ0v) is 16.5. The molecule has 2 aromatic rings. The molecule has 1 amide bonds. The first-order chi connectivity index (χ1) is 12.8. The third-order valence-electron chi connectivity index (χ3n) is 4.76. The molecule has 4 nitrogen and oxygen atoms in total. The lowest BCUT2D eigenvalue weighted by Gasteiger charge is -2.11. The Morgan fingerprint density at radius 3 is 2.67 bits per heavy atom. The molecule has 146 valence electrons. The molecule has 1 atom stereocenters. The van der Waals surface area contributed by atoms with Crippen LogP contribution in [0.2, 0.25) is 0 Å². The van der Waals surface area contributed by atoms with Crippen molar-refractivity contribution in [1.82, 2.24) is 10.6 Å². The SMILES string of the molecule is Cl.O=C(NCCc1cccc(OCCCc2ccccc2)c1)C1CCNC1. The largest absolute Gasteiger partial charge is 0.494 e. The van der Waals surface area contributed by atoms with Crippen LogP contribution in [-0.4, -0.2) is 32.1 Å². The van der Waals surface area contributed by atoms with Gasteiger partial charge in [-0.1, -0.05) is 42.5 Å². The summed E-state index contributed by atoms with van der Waals surface area (Å²) in [6.07, 6.45) is 3.80. The topological polar surface area (TPSA) is 50.4 Å². The summed E-state index contributed by atoms with van der Waals surface area (Å²) in [6.45, 7) is 3.14. The zero-order valence-electron chi connectivity index (χ0n) is 15.7. The number of rotatable bonds is 9. The minimum absolute atomic E-state index is 0. The van der Waals surface area contributed by atoms with E-state index in [0.29, 0.717) is 13.2 Å². The third-order valence-corrected chi connectivity index (χ3v) is 4.76. The monoisotopic (exact) mass is 388 g/mol. The number of carbonyl (C=O) groups excluding carboxylic acids is 1. The van der Waals surface area contributed by atoms with E-state index in [-0.39, 0.29) is 24.2 Å². The van der Waals surface area contributed by atoms with Crippen LogP contribution in [0.25, 0.3) is 0 Å². The molecule has 5 heteroatoms. The van der Waals surface area contributed by atoms with Crippen LogP contribution in [0, 0.1) is 5.92 Å². The van der Waals surface area contributed by atoms with E-state index in [1.165, 1.54) is 11.1 Å². The van der Waals surface area contributed by atoms with E-state index in [4.69, 9.17) is 4.74 Å². The molecular weight excluding hydrogens is 360 g/mol. The number of hydrogen-bond donors (Lipinski definition) is 2. The van der Waals surface area contributed by atoms with Crippen molar-refractivity contribution in [2.75, 3.05) is 26.2 Å². The van der Waals surface area contributed by atoms with Crippen LogP contribution in [0.3, 0.4) is 0 Å². The molecule has 2 N–H and O–H groups in total. The van der Waals surface area contributed by atoms with E-state index < -0.39 is 0 Å². The Labute approximate surface area is 168 Å². The van der Waals surface area contributed by atoms with Crippen molar-refractivity contribution in [3.63, 3.8) is 0 Å². The van der Waals surface area contributed by atoms with Crippen LogP contribution in [0.5, 0.6) is 5.75 Å². The van der Waals surface area contributed by atoms with Gasteiger partial charge in [0, 0.05) is 13.1 Å². The summed E-state index contributed by atoms with van der Waals surface area (Å²) in [5, 5.41) is 6.27. The summed E-state index contributed by atoms with van der Waals surface area (Å²) in [5.41, 5.74) is 2.54. The fourth-order valence-corrected chi connectivity index (χ4v) is 3.25. The summed E-state index contributed by atoms with van der Waals surface area (Å²) in [7, 11) is 0. The number of ether oxygens (including phenoxy) is 1. The normalized spacial score (nSPS) is 15.8. The van der Waals surface area contributed by atoms with Gasteiger partial charge in [-0.25, -0.2) is 0 Å². The van der Waals surface area contributed by atoms with Gasteiger partial charge in [0.2, 0.25) is 5.91 Å². The number of carbonyl (C=O) groups is 1. The lowest BCUT2D eigenvalue weighted by atomic mass is 10.1. The third kappa shape index (κ3) is 7.24. The number of hydrogen-bond acceptors (Lipinski definition) is 3. The Balaban J connectivity index is 0.00000261. The molecule has 0 aliphatic carbocycles. The molecule has 3 rings (SSSR count). The Bertz CT molecular complexity index is 688. The average molecular weight is 389 g/mol. The number of benzene rings is 2. The summed E-state index contributed by atoms with van der Waals surface area (Å²) in [5.74, 6) is 1.21. The summed E-state index contributed by atoms with van der Waals surface area (Å²) in [6, 6.07) is 18.7. The second-order valence-electron chi connectivity index (χ2n) is 6.82. The highest BCUT2D eigenvalue weighted by atomic mass is 35.5. The predicted molar refractivity (Wildman–Crippen MR) is 112 cm³/mol. The first-order valence-electron chi connectivity index (χ1n) is 9.55. The molecule has 1 fully saturated rings. The molecule has 2 aromatic carbocycles. The van der Waals surface area contributed by atoms with E-state index in [2.05, 4.69) is 47.0 Å². The Kier molecular flexibility index (Phi) is 9.16. The molecule has 1 aliphatic rings. The van der Waals surface area contributed by atoms with Gasteiger partial charge in [-0.2, -0.15) is 0 Å². The van der Waals surface area contributed by atoms with Crippen LogP contribution in [0.1, 0.15) is 24.0 Å². The number of aryl methyl sites for hydroxylation is 1. The maximum Gasteiger partial charge on any atom is 0.224 e. The van der Waals surface area contributed by atoms with Crippen molar-refractivity contribution in [2.24, 2.45) is 5.92 Å². The minimum atomic E-state index is 0. The fourth-order valence-electron chi connectivity index (χ4n) is 3.25. The first-order valence-corrected chi connectivity index (χ1v) is 9.55. The fraction of sp³-hybridized carbons (Fsp3) is 0.409. The maximum atomic E-state index is 12.0. The molecule has 1 heterocycles. The van der Waals surface area contributed by atoms with Gasteiger partial charge in [0.05, 0.1) is 12.5 Å². The van der Waals surface area contributed by atoms with Crippen LogP contribution in [0.4, 0.5) is 0 Å². The Hall–Kier alpha value is -2.04. The van der Waals surface area contributed by atoms with E-state index >= 15 is 0 Å². The first kappa shape index (κ1) is 21.3. The summed E-state index contributed by atoms with van der Waals surface area (Å²) < 4.78 is 5.88. The van der Waals surface area contributed by atoms with Crippen LogP contribution < -0.4 is 15.4 Å². The molecule has 0 bridgehead atoms. The molecule has 0 aromatic heterocycles. The number of halogens is 1. The lowest BCUT2D eigenvalue weighted by Crippen LogP contribution is -2.33. The molecule has 1 aliphatic heterocycles. The standard InChI is InChI=1S/C22H28N2O2.ClH/c25-22(20-12-13-23-17-20)24-14-11-19-8-4-10-21(16-19)26-15-5-9-18-6-2-1-3-7-18;/h1-4,6-8,10,16,20,23H,5,9,11-15,17H2,(H,24,25);1H. The average Bonchev–Trinajstić information content (AvgIpc) is 3.21. The highest BCUT2D eigenvalue weighted by molar-refractivity contribution is 5.85. The number of nitrogens with one attached hydrogen (secondary N) is 2. The van der Waals surface area contributed by atoms with Crippen molar-refractivity contribution in [2.45, 2.75) is 25.7 Å². The van der Waals surface area contributed by atoms with Crippen LogP contribution in [0.15, 0.2) is 54.6 Å². The van der Waals surface area contributed by atoms with Crippen molar-refractivity contribution in [1.29, 1.82) is 0 Å². The van der Waals surface area contributed by atoms with Gasteiger partial charge in [0.15, 0.2) is 0 Å². The van der Waals surface area contributed by atoms with Gasteiger partial charge >= 0.3 is 0 Å². The van der Waals surface area contributed by atoms with Gasteiger partial charge in [-0.15, -0.1) is 12.4 Å². The van der Waals surface area contributed by atoms with Gasteiger partial charge in [-0.3, -0.25) is 4.79 Å². The quantitative estimate of drug-likeness (QED) is 0.647. The second kappa shape index (κ2) is 11.6. The molecule has 1 saturated heterocycles. The van der Waals surface area contributed by atoms with Gasteiger partial charge < -0.3 is 15.4 Å². The molecule has 0 saturated carbocycles. The Morgan fingerprint density at radius 2 is 1.89 bits per heavy atom. The molecular formula is C22H29ClN2O2. The highest BCUT2D eigenvalue weighted by Crippen LogP contribution is 2.15. The van der Waals surface area contributed by atoms with E-state index in [1.54, 1.807) is 0 Å². The lowest BCUT2D eigenvalue weighted by molar-refractivity contribution is -0.124. The highest BCUT2D eigenvalue weighted by Gasteiger charge is 2.21. The van der Waals surface area contributed by atoms with Crippen molar-refractivity contribution in [3.05, 3.63) is 65.7 Å². The van der Waals surface area contributed by atoms with Crippen molar-refractivity contribution in [3.8, 4) is 5.75 Å². The molecule has 0 spiro atoms. The van der Waals surface area contributed by atoms with E-state index in [1.807, 2.05) is 18.2 Å². The van der Waals surface area contributed by atoms with Gasteiger partial charge in [-0.05, 0) is 55.5 Å². The van der Waals surface area contributed by atoms with Crippen molar-refractivity contribution < 1.29 is 9.53 Å². The minimum Gasteiger partial charge on any atom is -0.494 e. The zero-order chi connectivity index (χ0) is 18.0. The predicted octanol–water partition coefficient (Wildman–Crippen LogP) is 3.39. The van der Waals surface area contributed by atoms with E-state index in [0.717, 1.165) is 44.5 Å². The second-order valence-corrected chi connectivity index (χ2v) is 6.82. The summed E-state index contributed by atoms with van der Waals surface area (Å²) in [4.78, 5) is 12.0. The van der Waals surface area contributed by atoms with Gasteiger partial charge in [0.25, 0.3) is 0 Å². The summed E-state index contributed by atoms with van der Waals surface area (Å²) >= 11 is 0. The van der Waals surface area contributed by atoms with Crippen molar-refractivity contribution >= 4 is 18.3 Å². The van der Waals surface area contributed by atoms with Gasteiger partial charge in [0.1, 0.15) is 5.75 Å². The smallest absolute Gasteiger partial charge is 0.224 e. The van der Waals surface area contributed by atoms with Crippen LogP contribution in [-0.2, 0) is 17.6 Å². The maximum absolute atomic E-state index is 12.0. The molecule has 1 unspecified atom stereocenters. The molecule has 0 radical (unpaired) electrons. The molecule has 27 heavy (non-hydrogen) atoms.